The van der Waals surface area contributed by atoms with Crippen molar-refractivity contribution in [3.05, 3.63) is 51.7 Å². The van der Waals surface area contributed by atoms with Gasteiger partial charge in [0.1, 0.15) is 12.4 Å². The van der Waals surface area contributed by atoms with Gasteiger partial charge in [-0.15, -0.1) is 11.3 Å². The summed E-state index contributed by atoms with van der Waals surface area (Å²) < 4.78 is 19.1. The van der Waals surface area contributed by atoms with Crippen molar-refractivity contribution in [2.24, 2.45) is 0 Å². The van der Waals surface area contributed by atoms with E-state index in [1.165, 1.54) is 25.0 Å². The minimum Gasteiger partial charge on any atom is -0.467 e. The molecule has 1 aliphatic rings. The van der Waals surface area contributed by atoms with Crippen molar-refractivity contribution in [2.45, 2.75) is 45.3 Å². The van der Waals surface area contributed by atoms with E-state index in [0.717, 1.165) is 23.7 Å². The molecular weight excluding hydrogens is 421 g/mol. The molecule has 9 heteroatoms. The summed E-state index contributed by atoms with van der Waals surface area (Å²) in [5, 5.41) is 1.09. The lowest BCUT2D eigenvalue weighted by Crippen LogP contribution is -2.61. The molecule has 2 aromatic rings. The van der Waals surface area contributed by atoms with Crippen LogP contribution in [0, 0.1) is 12.7 Å². The lowest BCUT2D eigenvalue weighted by atomic mass is 9.86. The first kappa shape index (κ1) is 23.3. The van der Waals surface area contributed by atoms with Gasteiger partial charge >= 0.3 is 5.97 Å². The number of ether oxygens (including phenoxy) is 1. The number of benzene rings is 1. The summed E-state index contributed by atoms with van der Waals surface area (Å²) in [5.41, 5.74) is 1.98. The number of carbonyl (C=O) groups excluding carboxylic acids is 2. The van der Waals surface area contributed by atoms with E-state index in [0.29, 0.717) is 31.5 Å². The summed E-state index contributed by atoms with van der Waals surface area (Å²) in [7, 11) is 1.30. The maximum Gasteiger partial charge on any atom is 0.334 e. The molecular formula is C22H28FN3O4S. The van der Waals surface area contributed by atoms with Gasteiger partial charge in [-0.2, -0.15) is 0 Å². The Morgan fingerprint density at radius 1 is 1.29 bits per heavy atom. The van der Waals surface area contributed by atoms with Crippen LogP contribution in [0.5, 0.6) is 0 Å². The molecule has 1 saturated heterocycles. The monoisotopic (exact) mass is 449 g/mol. The molecule has 0 radical (unpaired) electrons. The number of rotatable bonds is 8. The van der Waals surface area contributed by atoms with Crippen molar-refractivity contribution < 1.29 is 23.6 Å². The molecule has 0 N–H and O–H groups in total. The number of likely N-dealkylation sites (tertiary alicyclic amines) is 1. The van der Waals surface area contributed by atoms with E-state index in [2.05, 4.69) is 9.88 Å². The topological polar surface area (TPSA) is 72.0 Å². The number of esters is 1. The zero-order valence-electron chi connectivity index (χ0n) is 18.1. The Labute approximate surface area is 185 Å². The van der Waals surface area contributed by atoms with Gasteiger partial charge in [0.2, 0.25) is 5.91 Å². The number of thiazole rings is 1. The average Bonchev–Trinajstić information content (AvgIpc) is 3.18. The number of hydrogen-bond acceptors (Lipinski definition) is 7. The Morgan fingerprint density at radius 3 is 2.58 bits per heavy atom. The Balaban J connectivity index is 1.70. The van der Waals surface area contributed by atoms with Gasteiger partial charge in [0.25, 0.3) is 0 Å². The second kappa shape index (κ2) is 10.3. The van der Waals surface area contributed by atoms with Crippen LogP contribution in [0.25, 0.3) is 0 Å². The SMILES string of the molecule is COC(=O)C1(N(OCc2ccccc2F)C(C)=O)CCN(CCc2scnc2C)CC1. The molecule has 0 bridgehead atoms. The van der Waals surface area contributed by atoms with Crippen LogP contribution in [-0.4, -0.2) is 59.1 Å². The van der Waals surface area contributed by atoms with Crippen LogP contribution in [0.4, 0.5) is 4.39 Å². The lowest BCUT2D eigenvalue weighted by Gasteiger charge is -2.45. The van der Waals surface area contributed by atoms with E-state index in [1.807, 2.05) is 12.4 Å². The second-order valence-electron chi connectivity index (χ2n) is 7.65. The van der Waals surface area contributed by atoms with Gasteiger partial charge < -0.3 is 9.64 Å². The molecule has 0 atom stereocenters. The third kappa shape index (κ3) is 5.28. The Hall–Kier alpha value is -2.36. The predicted molar refractivity (Wildman–Crippen MR) is 115 cm³/mol. The van der Waals surface area contributed by atoms with Gasteiger partial charge in [-0.05, 0) is 32.3 Å². The summed E-state index contributed by atoms with van der Waals surface area (Å²) in [6.45, 7) is 5.25. The fraction of sp³-hybridized carbons (Fsp3) is 0.500. The third-order valence-corrected chi connectivity index (χ3v) is 6.73. The van der Waals surface area contributed by atoms with Crippen LogP contribution in [0.15, 0.2) is 29.8 Å². The minimum atomic E-state index is -1.23. The Morgan fingerprint density at radius 2 is 2.00 bits per heavy atom. The minimum absolute atomic E-state index is 0.153. The number of aryl methyl sites for hydroxylation is 1. The molecule has 1 aromatic heterocycles. The van der Waals surface area contributed by atoms with E-state index in [9.17, 15) is 14.0 Å². The maximum absolute atomic E-state index is 14.0. The van der Waals surface area contributed by atoms with Crippen molar-refractivity contribution in [3.8, 4) is 0 Å². The first-order valence-corrected chi connectivity index (χ1v) is 11.1. The van der Waals surface area contributed by atoms with E-state index in [-0.39, 0.29) is 6.61 Å². The summed E-state index contributed by atoms with van der Waals surface area (Å²) in [6, 6.07) is 6.19. The third-order valence-electron chi connectivity index (χ3n) is 5.73. The molecule has 0 saturated carbocycles. The van der Waals surface area contributed by atoms with E-state index >= 15 is 0 Å². The molecule has 7 nitrogen and oxygen atoms in total. The van der Waals surface area contributed by atoms with E-state index in [4.69, 9.17) is 9.57 Å². The summed E-state index contributed by atoms with van der Waals surface area (Å²) in [4.78, 5) is 38.8. The highest BCUT2D eigenvalue weighted by Gasteiger charge is 2.50. The molecule has 0 aliphatic carbocycles. The van der Waals surface area contributed by atoms with E-state index in [1.54, 1.807) is 29.5 Å². The zero-order valence-corrected chi connectivity index (χ0v) is 18.9. The number of piperidine rings is 1. The molecule has 2 heterocycles. The molecule has 1 aliphatic heterocycles. The van der Waals surface area contributed by atoms with Gasteiger partial charge in [0.05, 0.1) is 18.3 Å². The van der Waals surface area contributed by atoms with Crippen LogP contribution in [0.1, 0.15) is 35.9 Å². The lowest BCUT2D eigenvalue weighted by molar-refractivity contribution is -0.240. The smallest absolute Gasteiger partial charge is 0.334 e. The molecule has 3 rings (SSSR count). The number of nitrogens with zero attached hydrogens (tertiary/aromatic N) is 3. The quantitative estimate of drug-likeness (QED) is 0.456. The Bertz CT molecular complexity index is 912. The van der Waals surface area contributed by atoms with Crippen LogP contribution >= 0.6 is 11.3 Å². The fourth-order valence-corrected chi connectivity index (χ4v) is 4.69. The molecule has 1 amide bonds. The van der Waals surface area contributed by atoms with Crippen LogP contribution < -0.4 is 0 Å². The highest BCUT2D eigenvalue weighted by Crippen LogP contribution is 2.32. The fourth-order valence-electron chi connectivity index (χ4n) is 3.92. The van der Waals surface area contributed by atoms with Crippen LogP contribution in [0.2, 0.25) is 0 Å². The van der Waals surface area contributed by atoms with Crippen LogP contribution in [-0.2, 0) is 32.2 Å². The average molecular weight is 450 g/mol. The van der Waals surface area contributed by atoms with Gasteiger partial charge in [-0.1, -0.05) is 18.2 Å². The first-order chi connectivity index (χ1) is 14.9. The predicted octanol–water partition coefficient (Wildman–Crippen LogP) is 3.12. The normalized spacial score (nSPS) is 16.1. The van der Waals surface area contributed by atoms with Crippen molar-refractivity contribution in [2.75, 3.05) is 26.7 Å². The number of aromatic nitrogens is 1. The molecule has 1 aromatic carbocycles. The highest BCUT2D eigenvalue weighted by atomic mass is 32.1. The summed E-state index contributed by atoms with van der Waals surface area (Å²) in [6.07, 6.45) is 1.64. The zero-order chi connectivity index (χ0) is 22.4. The van der Waals surface area contributed by atoms with Crippen molar-refractivity contribution in [1.82, 2.24) is 14.9 Å². The molecule has 168 valence electrons. The Kier molecular flexibility index (Phi) is 7.74. The van der Waals surface area contributed by atoms with Crippen molar-refractivity contribution >= 4 is 23.2 Å². The largest absolute Gasteiger partial charge is 0.467 e. The number of methoxy groups -OCH3 is 1. The molecule has 31 heavy (non-hydrogen) atoms. The number of amides is 1. The van der Waals surface area contributed by atoms with Gasteiger partial charge in [0, 0.05) is 37.0 Å². The first-order valence-electron chi connectivity index (χ1n) is 10.2. The summed E-state index contributed by atoms with van der Waals surface area (Å²) >= 11 is 1.65. The van der Waals surface area contributed by atoms with Crippen LogP contribution in [0.3, 0.4) is 0 Å². The van der Waals surface area contributed by atoms with Gasteiger partial charge in [0.15, 0.2) is 5.54 Å². The second-order valence-corrected chi connectivity index (χ2v) is 8.59. The van der Waals surface area contributed by atoms with Crippen molar-refractivity contribution in [1.29, 1.82) is 0 Å². The number of halogens is 1. The summed E-state index contributed by atoms with van der Waals surface area (Å²) in [5.74, 6) is -1.36. The van der Waals surface area contributed by atoms with Gasteiger partial charge in [-0.3, -0.25) is 9.63 Å². The maximum atomic E-state index is 14.0. The van der Waals surface area contributed by atoms with E-state index < -0.39 is 23.2 Å². The number of hydroxylamine groups is 2. The van der Waals surface area contributed by atoms with Crippen molar-refractivity contribution in [3.63, 3.8) is 0 Å². The van der Waals surface area contributed by atoms with Gasteiger partial charge in [-0.25, -0.2) is 19.2 Å². The number of carbonyl (C=O) groups is 2. The highest BCUT2D eigenvalue weighted by molar-refractivity contribution is 7.09. The number of hydrogen-bond donors (Lipinski definition) is 0. The molecule has 0 spiro atoms. The molecule has 1 fully saturated rings. The molecule has 0 unspecified atom stereocenters. The standard InChI is InChI=1S/C22H28FN3O4S/c1-16-20(31-15-24-16)8-11-25-12-9-22(10-13-25,21(28)29-3)26(17(2)27)30-14-18-6-4-5-7-19(18)23/h4-7,15H,8-14H2,1-3H3.